The lowest BCUT2D eigenvalue weighted by atomic mass is 10.0. The van der Waals surface area contributed by atoms with Gasteiger partial charge in [-0.25, -0.2) is 13.9 Å². The number of rotatable bonds is 6. The van der Waals surface area contributed by atoms with Crippen molar-refractivity contribution in [3.8, 4) is 6.07 Å². The van der Waals surface area contributed by atoms with Crippen molar-refractivity contribution >= 4 is 17.0 Å². The van der Waals surface area contributed by atoms with E-state index >= 15 is 0 Å². The third kappa shape index (κ3) is 4.94. The SMILES string of the molecule is CO[C@@H]1CN(c2ccc(CCN3CCN4[C@@H](C3)CN(c3ccc(C#N)n5ncc(F)c35)C[C@H]4C)cn2)C[C@H]1N. The molecular formula is C28H36FN9O. The van der Waals surface area contributed by atoms with E-state index in [-0.39, 0.29) is 12.1 Å². The molecule has 206 valence electrons. The van der Waals surface area contributed by atoms with Crippen molar-refractivity contribution in [2.75, 3.05) is 69.3 Å². The topological polar surface area (TPSA) is 102 Å². The summed E-state index contributed by atoms with van der Waals surface area (Å²) < 4.78 is 21.6. The van der Waals surface area contributed by atoms with E-state index in [1.54, 1.807) is 13.2 Å². The van der Waals surface area contributed by atoms with Gasteiger partial charge in [0, 0.05) is 77.7 Å². The fourth-order valence-electron chi connectivity index (χ4n) is 6.49. The average molecular weight is 534 g/mol. The molecule has 6 rings (SSSR count). The highest BCUT2D eigenvalue weighted by Crippen LogP contribution is 2.30. The van der Waals surface area contributed by atoms with Crippen LogP contribution in [0.25, 0.3) is 5.52 Å². The Labute approximate surface area is 228 Å². The molecule has 0 amide bonds. The van der Waals surface area contributed by atoms with Crippen molar-refractivity contribution < 1.29 is 9.13 Å². The van der Waals surface area contributed by atoms with Gasteiger partial charge in [-0.15, -0.1) is 0 Å². The van der Waals surface area contributed by atoms with Gasteiger partial charge in [-0.3, -0.25) is 4.90 Å². The van der Waals surface area contributed by atoms with E-state index in [0.29, 0.717) is 23.3 Å². The maximum atomic E-state index is 14.7. The Morgan fingerprint density at radius 2 is 1.95 bits per heavy atom. The van der Waals surface area contributed by atoms with Gasteiger partial charge in [0.1, 0.15) is 23.1 Å². The summed E-state index contributed by atoms with van der Waals surface area (Å²) in [6.45, 7) is 9.39. The minimum absolute atomic E-state index is 0.00986. The summed E-state index contributed by atoms with van der Waals surface area (Å²) in [4.78, 5) is 14.3. The number of nitrogens with zero attached hydrogens (tertiary/aromatic N) is 8. The zero-order valence-corrected chi connectivity index (χ0v) is 22.6. The number of halogens is 1. The molecule has 4 atom stereocenters. The smallest absolute Gasteiger partial charge is 0.171 e. The number of aromatic nitrogens is 3. The molecule has 11 heteroatoms. The van der Waals surface area contributed by atoms with Gasteiger partial charge in [-0.05, 0) is 37.1 Å². The average Bonchev–Trinajstić information content (AvgIpc) is 3.54. The fourth-order valence-corrected chi connectivity index (χ4v) is 6.49. The Morgan fingerprint density at radius 1 is 1.08 bits per heavy atom. The fraction of sp³-hybridized carbons (Fsp3) is 0.536. The molecule has 3 aliphatic rings. The number of hydrogen-bond acceptors (Lipinski definition) is 9. The zero-order valence-electron chi connectivity index (χ0n) is 22.6. The summed E-state index contributed by atoms with van der Waals surface area (Å²) >= 11 is 0. The van der Waals surface area contributed by atoms with Crippen molar-refractivity contribution in [1.82, 2.24) is 24.4 Å². The largest absolute Gasteiger partial charge is 0.378 e. The summed E-state index contributed by atoms with van der Waals surface area (Å²) in [5.74, 6) is 0.554. The summed E-state index contributed by atoms with van der Waals surface area (Å²) in [6, 6.07) is 10.7. The Bertz CT molecular complexity index is 1360. The van der Waals surface area contributed by atoms with Gasteiger partial charge in [-0.2, -0.15) is 10.4 Å². The summed E-state index contributed by atoms with van der Waals surface area (Å²) in [7, 11) is 1.71. The summed E-state index contributed by atoms with van der Waals surface area (Å²) in [6.07, 6.45) is 4.17. The summed E-state index contributed by atoms with van der Waals surface area (Å²) in [5, 5.41) is 13.5. The van der Waals surface area contributed by atoms with Gasteiger partial charge >= 0.3 is 0 Å². The maximum Gasteiger partial charge on any atom is 0.171 e. The Hall–Kier alpha value is -3.30. The quantitative estimate of drug-likeness (QED) is 0.503. The zero-order chi connectivity index (χ0) is 27.1. The number of ether oxygens (including phenoxy) is 1. The number of methoxy groups -OCH3 is 1. The number of hydrogen-bond donors (Lipinski definition) is 1. The van der Waals surface area contributed by atoms with Crippen molar-refractivity contribution in [2.24, 2.45) is 5.73 Å². The van der Waals surface area contributed by atoms with Crippen LogP contribution in [0, 0.1) is 17.1 Å². The number of fused-ring (bicyclic) bond motifs is 2. The number of piperazine rings is 2. The molecule has 0 bridgehead atoms. The van der Waals surface area contributed by atoms with E-state index in [9.17, 15) is 9.65 Å². The molecule has 0 aromatic carbocycles. The number of pyridine rings is 2. The molecule has 3 aromatic heterocycles. The first-order chi connectivity index (χ1) is 18.9. The molecule has 39 heavy (non-hydrogen) atoms. The minimum atomic E-state index is -0.395. The van der Waals surface area contributed by atoms with Gasteiger partial charge in [0.05, 0.1) is 24.0 Å². The first-order valence-corrected chi connectivity index (χ1v) is 13.7. The molecule has 3 fully saturated rings. The van der Waals surface area contributed by atoms with Crippen LogP contribution >= 0.6 is 0 Å². The van der Waals surface area contributed by atoms with E-state index in [0.717, 1.165) is 70.3 Å². The number of anilines is 2. The lowest BCUT2D eigenvalue weighted by Gasteiger charge is -2.51. The molecular weight excluding hydrogens is 497 g/mol. The van der Waals surface area contributed by atoms with Crippen LogP contribution in [0.5, 0.6) is 0 Å². The second kappa shape index (κ2) is 10.7. The van der Waals surface area contributed by atoms with Crippen molar-refractivity contribution in [3.05, 3.63) is 53.7 Å². The van der Waals surface area contributed by atoms with Crippen molar-refractivity contribution in [2.45, 2.75) is 37.6 Å². The molecule has 3 saturated heterocycles. The predicted molar refractivity (Wildman–Crippen MR) is 147 cm³/mol. The van der Waals surface area contributed by atoms with Crippen LogP contribution in [0.15, 0.2) is 36.7 Å². The molecule has 3 aliphatic heterocycles. The van der Waals surface area contributed by atoms with E-state index in [2.05, 4.69) is 49.8 Å². The second-order valence-electron chi connectivity index (χ2n) is 11.0. The van der Waals surface area contributed by atoms with E-state index in [4.69, 9.17) is 15.5 Å². The maximum absolute atomic E-state index is 14.7. The monoisotopic (exact) mass is 533 g/mol. The molecule has 3 aromatic rings. The molecule has 0 unspecified atom stereocenters. The van der Waals surface area contributed by atoms with Gasteiger partial charge < -0.3 is 25.2 Å². The van der Waals surface area contributed by atoms with Crippen LogP contribution < -0.4 is 15.5 Å². The first-order valence-electron chi connectivity index (χ1n) is 13.7. The van der Waals surface area contributed by atoms with Crippen molar-refractivity contribution in [3.63, 3.8) is 0 Å². The molecule has 0 radical (unpaired) electrons. The molecule has 10 nitrogen and oxygen atoms in total. The molecule has 0 saturated carbocycles. The van der Waals surface area contributed by atoms with E-state index in [1.807, 2.05) is 12.3 Å². The van der Waals surface area contributed by atoms with Gasteiger partial charge in [0.15, 0.2) is 5.82 Å². The first kappa shape index (κ1) is 26.0. The highest BCUT2D eigenvalue weighted by Gasteiger charge is 2.37. The number of nitriles is 1. The van der Waals surface area contributed by atoms with Crippen LogP contribution in [0.3, 0.4) is 0 Å². The molecule has 2 N–H and O–H groups in total. The van der Waals surface area contributed by atoms with Gasteiger partial charge in [0.25, 0.3) is 0 Å². The number of nitrogens with two attached hydrogens (primary N) is 1. The molecule has 0 aliphatic carbocycles. The van der Waals surface area contributed by atoms with E-state index < -0.39 is 5.82 Å². The van der Waals surface area contributed by atoms with Crippen LogP contribution in [0.4, 0.5) is 15.9 Å². The minimum Gasteiger partial charge on any atom is -0.378 e. The Kier molecular flexibility index (Phi) is 7.12. The molecule has 6 heterocycles. The lowest BCUT2D eigenvalue weighted by Crippen LogP contribution is -2.65. The molecule has 0 spiro atoms. The predicted octanol–water partition coefficient (Wildman–Crippen LogP) is 1.34. The Balaban J connectivity index is 1.09. The van der Waals surface area contributed by atoms with Crippen LogP contribution in [-0.4, -0.2) is 108 Å². The van der Waals surface area contributed by atoms with Crippen LogP contribution in [0.2, 0.25) is 0 Å². The standard InChI is InChI=1S/C28H36FN9O/c1-19-14-35(25-5-4-21(11-30)38-28(25)23(29)13-33-38)16-22-15-34(9-10-37(19)22)8-7-20-3-6-27(32-12-20)36-17-24(31)26(18-36)39-2/h3-6,12-13,19,22,24,26H,7-10,14-18,31H2,1-2H3/t19-,22+,24-,26-/m1/s1. The van der Waals surface area contributed by atoms with E-state index in [1.165, 1.54) is 16.3 Å². The van der Waals surface area contributed by atoms with Crippen LogP contribution in [-0.2, 0) is 11.2 Å². The second-order valence-corrected chi connectivity index (χ2v) is 11.0. The lowest BCUT2D eigenvalue weighted by molar-refractivity contribution is 0.0356. The third-order valence-corrected chi connectivity index (χ3v) is 8.61. The van der Waals surface area contributed by atoms with Crippen LogP contribution in [0.1, 0.15) is 18.2 Å². The van der Waals surface area contributed by atoms with Gasteiger partial charge in [-0.1, -0.05) is 6.07 Å². The third-order valence-electron chi connectivity index (χ3n) is 8.61. The highest BCUT2D eigenvalue weighted by molar-refractivity contribution is 5.75. The normalized spacial score (nSPS) is 26.2. The highest BCUT2D eigenvalue weighted by atomic mass is 19.1. The van der Waals surface area contributed by atoms with Gasteiger partial charge in [0.2, 0.25) is 0 Å². The Morgan fingerprint density at radius 3 is 2.69 bits per heavy atom. The summed E-state index contributed by atoms with van der Waals surface area (Å²) in [5.41, 5.74) is 8.91. The van der Waals surface area contributed by atoms with Crippen molar-refractivity contribution in [1.29, 1.82) is 5.26 Å².